The summed E-state index contributed by atoms with van der Waals surface area (Å²) in [5, 5.41) is 3.40. The lowest BCUT2D eigenvalue weighted by atomic mass is 10.1. The van der Waals surface area contributed by atoms with Crippen LogP contribution in [0.4, 0.5) is 0 Å². The summed E-state index contributed by atoms with van der Waals surface area (Å²) in [6, 6.07) is 7.94. The van der Waals surface area contributed by atoms with Crippen molar-refractivity contribution in [2.24, 2.45) is 10.7 Å². The van der Waals surface area contributed by atoms with E-state index < -0.39 is 5.91 Å². The molecule has 2 saturated heterocycles. The van der Waals surface area contributed by atoms with E-state index in [2.05, 4.69) is 22.0 Å². The third kappa shape index (κ3) is 6.05. The minimum atomic E-state index is -0.407. The number of carbonyl (C=O) groups is 1. The van der Waals surface area contributed by atoms with Crippen LogP contribution in [0.2, 0.25) is 0 Å². The van der Waals surface area contributed by atoms with Crippen LogP contribution in [-0.4, -0.2) is 73.6 Å². The smallest absolute Gasteiger partial charge is 0.248 e. The molecule has 3 N–H and O–H groups in total. The number of rotatable bonds is 5. The van der Waals surface area contributed by atoms with Gasteiger partial charge in [-0.15, -0.1) is 24.0 Å². The average molecular weight is 487 g/mol. The number of aliphatic imine (C=N–C) groups is 1. The fourth-order valence-electron chi connectivity index (χ4n) is 3.59. The first-order valence-corrected chi connectivity index (χ1v) is 9.41. The van der Waals surface area contributed by atoms with Crippen LogP contribution >= 0.6 is 24.0 Å². The van der Waals surface area contributed by atoms with Crippen LogP contribution in [0.1, 0.15) is 29.3 Å². The lowest BCUT2D eigenvalue weighted by molar-refractivity contribution is 0.0195. The van der Waals surface area contributed by atoms with Crippen LogP contribution < -0.4 is 11.1 Å². The van der Waals surface area contributed by atoms with E-state index in [1.165, 1.54) is 0 Å². The summed E-state index contributed by atoms with van der Waals surface area (Å²) in [5.74, 6) is 0.531. The average Bonchev–Trinajstić information content (AvgIpc) is 3.16. The van der Waals surface area contributed by atoms with Gasteiger partial charge < -0.3 is 20.7 Å². The van der Waals surface area contributed by atoms with Crippen molar-refractivity contribution in [1.82, 2.24) is 15.1 Å². The van der Waals surface area contributed by atoms with Gasteiger partial charge in [0.25, 0.3) is 0 Å². The van der Waals surface area contributed by atoms with Crippen LogP contribution in [0.3, 0.4) is 0 Å². The zero-order chi connectivity index (χ0) is 18.4. The van der Waals surface area contributed by atoms with Gasteiger partial charge in [-0.2, -0.15) is 0 Å². The molecule has 2 aliphatic rings. The molecule has 0 saturated carbocycles. The zero-order valence-corrected chi connectivity index (χ0v) is 18.2. The van der Waals surface area contributed by atoms with Crippen molar-refractivity contribution in [2.45, 2.75) is 25.9 Å². The molecule has 0 radical (unpaired) electrons. The van der Waals surface area contributed by atoms with Crippen LogP contribution in [0.15, 0.2) is 29.3 Å². The van der Waals surface area contributed by atoms with Gasteiger partial charge >= 0.3 is 0 Å². The highest BCUT2D eigenvalue weighted by atomic mass is 127. The Morgan fingerprint density at radius 3 is 2.81 bits per heavy atom. The summed E-state index contributed by atoms with van der Waals surface area (Å²) in [7, 11) is 0. The van der Waals surface area contributed by atoms with Gasteiger partial charge in [0.2, 0.25) is 5.91 Å². The van der Waals surface area contributed by atoms with Crippen molar-refractivity contribution in [3.8, 4) is 0 Å². The second kappa shape index (κ2) is 10.8. The van der Waals surface area contributed by atoms with E-state index in [1.54, 1.807) is 6.07 Å². The topological polar surface area (TPSA) is 83.2 Å². The molecular weight excluding hydrogens is 457 g/mol. The Bertz CT molecular complexity index is 649. The molecule has 1 aromatic rings. The highest BCUT2D eigenvalue weighted by Crippen LogP contribution is 2.17. The van der Waals surface area contributed by atoms with E-state index >= 15 is 0 Å². The molecule has 0 spiro atoms. The highest BCUT2D eigenvalue weighted by molar-refractivity contribution is 14.0. The molecule has 2 heterocycles. The van der Waals surface area contributed by atoms with Crippen molar-refractivity contribution in [3.05, 3.63) is 35.4 Å². The van der Waals surface area contributed by atoms with Gasteiger partial charge in [0.1, 0.15) is 0 Å². The van der Waals surface area contributed by atoms with Gasteiger partial charge in [0.05, 0.1) is 19.8 Å². The summed E-state index contributed by atoms with van der Waals surface area (Å²) < 4.78 is 5.46. The predicted octanol–water partition coefficient (Wildman–Crippen LogP) is 1.28. The number of carbonyl (C=O) groups excluding carboxylic acids is 1. The van der Waals surface area contributed by atoms with Gasteiger partial charge in [0, 0.05) is 44.3 Å². The zero-order valence-electron chi connectivity index (χ0n) is 15.9. The molecule has 0 aromatic heterocycles. The Kier molecular flexibility index (Phi) is 8.78. The molecular formula is C19H30IN5O2. The number of guanidine groups is 1. The molecule has 1 amide bonds. The Morgan fingerprint density at radius 2 is 2.11 bits per heavy atom. The number of nitrogens with one attached hydrogen (secondary N) is 1. The van der Waals surface area contributed by atoms with E-state index in [0.29, 0.717) is 18.2 Å². The van der Waals surface area contributed by atoms with Crippen LogP contribution in [0.5, 0.6) is 0 Å². The van der Waals surface area contributed by atoms with Gasteiger partial charge in [-0.05, 0) is 31.0 Å². The molecule has 1 unspecified atom stereocenters. The first kappa shape index (κ1) is 21.9. The summed E-state index contributed by atoms with van der Waals surface area (Å²) in [6.45, 7) is 9.15. The number of hydrogen-bond donors (Lipinski definition) is 2. The van der Waals surface area contributed by atoms with Crippen molar-refractivity contribution < 1.29 is 9.53 Å². The minimum Gasteiger partial charge on any atom is -0.379 e. The monoisotopic (exact) mass is 487 g/mol. The highest BCUT2D eigenvalue weighted by Gasteiger charge is 2.30. The van der Waals surface area contributed by atoms with E-state index in [-0.39, 0.29) is 24.0 Å². The molecule has 27 heavy (non-hydrogen) atoms. The standard InChI is InChI=1S/C19H29N5O2.HI/c1-2-21-19(22-13-15-4-3-5-16(12-15)18(20)25)24-7-6-17(14-24)23-8-10-26-11-9-23;/h3-5,12,17H,2,6-11,13-14H2,1H3,(H2,20,25)(H,21,22);1H. The maximum absolute atomic E-state index is 11.3. The summed E-state index contributed by atoms with van der Waals surface area (Å²) in [4.78, 5) is 21.0. The van der Waals surface area contributed by atoms with Crippen LogP contribution in [0.25, 0.3) is 0 Å². The van der Waals surface area contributed by atoms with Crippen LogP contribution in [0, 0.1) is 0 Å². The molecule has 1 aromatic carbocycles. The van der Waals surface area contributed by atoms with Gasteiger partial charge in [-0.3, -0.25) is 9.69 Å². The van der Waals surface area contributed by atoms with E-state index in [1.807, 2.05) is 18.2 Å². The van der Waals surface area contributed by atoms with E-state index in [4.69, 9.17) is 15.5 Å². The number of primary amides is 1. The second-order valence-electron chi connectivity index (χ2n) is 6.77. The first-order valence-electron chi connectivity index (χ1n) is 9.41. The third-order valence-corrected chi connectivity index (χ3v) is 4.98. The van der Waals surface area contributed by atoms with Gasteiger partial charge in [-0.25, -0.2) is 4.99 Å². The van der Waals surface area contributed by atoms with E-state index in [0.717, 1.165) is 63.9 Å². The molecule has 7 nitrogen and oxygen atoms in total. The molecule has 0 aliphatic carbocycles. The quantitative estimate of drug-likeness (QED) is 0.372. The van der Waals surface area contributed by atoms with Crippen molar-refractivity contribution in [2.75, 3.05) is 45.9 Å². The number of halogens is 1. The number of benzene rings is 1. The Morgan fingerprint density at radius 1 is 1.33 bits per heavy atom. The van der Waals surface area contributed by atoms with Gasteiger partial charge in [0.15, 0.2) is 5.96 Å². The molecule has 3 rings (SSSR count). The molecule has 8 heteroatoms. The SMILES string of the molecule is CCNC(=NCc1cccc(C(N)=O)c1)N1CCC(N2CCOCC2)C1.I. The Balaban J connectivity index is 0.00000261. The Hall–Kier alpha value is -1.39. The van der Waals surface area contributed by atoms with Gasteiger partial charge in [-0.1, -0.05) is 12.1 Å². The summed E-state index contributed by atoms with van der Waals surface area (Å²) in [5.41, 5.74) is 6.87. The second-order valence-corrected chi connectivity index (χ2v) is 6.77. The van der Waals surface area contributed by atoms with E-state index in [9.17, 15) is 4.79 Å². The van der Waals surface area contributed by atoms with Crippen molar-refractivity contribution in [3.63, 3.8) is 0 Å². The number of morpholine rings is 1. The number of nitrogens with two attached hydrogens (primary N) is 1. The molecule has 0 bridgehead atoms. The largest absolute Gasteiger partial charge is 0.379 e. The molecule has 150 valence electrons. The van der Waals surface area contributed by atoms with Crippen molar-refractivity contribution >= 4 is 35.8 Å². The molecule has 1 atom stereocenters. The fraction of sp³-hybridized carbons (Fsp3) is 0.579. The summed E-state index contributed by atoms with van der Waals surface area (Å²) >= 11 is 0. The lowest BCUT2D eigenvalue weighted by Crippen LogP contribution is -2.46. The maximum Gasteiger partial charge on any atom is 0.248 e. The maximum atomic E-state index is 11.3. The Labute approximate surface area is 178 Å². The summed E-state index contributed by atoms with van der Waals surface area (Å²) in [6.07, 6.45) is 1.15. The lowest BCUT2D eigenvalue weighted by Gasteiger charge is -2.32. The van der Waals surface area contributed by atoms with Crippen LogP contribution in [-0.2, 0) is 11.3 Å². The number of hydrogen-bond acceptors (Lipinski definition) is 4. The number of amides is 1. The number of nitrogens with zero attached hydrogens (tertiary/aromatic N) is 3. The first-order chi connectivity index (χ1) is 12.7. The predicted molar refractivity (Wildman–Crippen MR) is 118 cm³/mol. The third-order valence-electron chi connectivity index (χ3n) is 4.98. The minimum absolute atomic E-state index is 0. The molecule has 2 aliphatic heterocycles. The normalized spacial score (nSPS) is 21.0. The molecule has 2 fully saturated rings. The number of ether oxygens (including phenoxy) is 1. The number of likely N-dealkylation sites (tertiary alicyclic amines) is 1. The fourth-order valence-corrected chi connectivity index (χ4v) is 3.59. The van der Waals surface area contributed by atoms with Crippen molar-refractivity contribution in [1.29, 1.82) is 0 Å².